The molecule has 80 valence electrons. The predicted molar refractivity (Wildman–Crippen MR) is 52.1 cm³/mol. The molecule has 1 aromatic rings. The van der Waals surface area contributed by atoms with Crippen molar-refractivity contribution in [1.82, 2.24) is 0 Å². The summed E-state index contributed by atoms with van der Waals surface area (Å²) >= 11 is 0. The minimum absolute atomic E-state index is 0. The second kappa shape index (κ2) is 6.05. The summed E-state index contributed by atoms with van der Waals surface area (Å²) in [5.74, 6) is 0.456. The van der Waals surface area contributed by atoms with Gasteiger partial charge in [0.1, 0.15) is 5.60 Å². The standard InChI is InChI=1S/C11H13O3.Hf/c1-11(2,3)14-10(12)13-9-7-5-4-6-8-9;/h5-8H,1-3H3;/q-1;. The zero-order valence-corrected chi connectivity index (χ0v) is 12.6. The molecule has 0 atom stereocenters. The Morgan fingerprint density at radius 1 is 1.27 bits per heavy atom. The Morgan fingerprint density at radius 3 is 2.27 bits per heavy atom. The Balaban J connectivity index is 0.00000196. The van der Waals surface area contributed by atoms with Crippen LogP contribution in [0.25, 0.3) is 0 Å². The van der Waals surface area contributed by atoms with E-state index in [0.29, 0.717) is 5.75 Å². The van der Waals surface area contributed by atoms with Gasteiger partial charge in [-0.2, -0.15) is 18.2 Å². The summed E-state index contributed by atoms with van der Waals surface area (Å²) in [5, 5.41) is 0. The molecular weight excluding hydrogens is 359 g/mol. The molecule has 0 bridgehead atoms. The van der Waals surface area contributed by atoms with Crippen LogP contribution in [-0.2, 0) is 30.6 Å². The van der Waals surface area contributed by atoms with Gasteiger partial charge in [-0.1, -0.05) is 0 Å². The van der Waals surface area contributed by atoms with Crippen LogP contribution in [0, 0.1) is 6.07 Å². The molecule has 0 aromatic heterocycles. The fourth-order valence-corrected chi connectivity index (χ4v) is 0.807. The molecule has 0 heterocycles. The van der Waals surface area contributed by atoms with Crippen molar-refractivity contribution in [2.45, 2.75) is 26.4 Å². The van der Waals surface area contributed by atoms with E-state index < -0.39 is 11.8 Å². The van der Waals surface area contributed by atoms with Gasteiger partial charge in [0.25, 0.3) is 0 Å². The zero-order valence-electron chi connectivity index (χ0n) is 9.03. The van der Waals surface area contributed by atoms with Crippen molar-refractivity contribution in [2.24, 2.45) is 0 Å². The van der Waals surface area contributed by atoms with Gasteiger partial charge in [-0.3, -0.25) is 0 Å². The van der Waals surface area contributed by atoms with E-state index >= 15 is 0 Å². The number of benzene rings is 1. The second-order valence-electron chi connectivity index (χ2n) is 3.80. The van der Waals surface area contributed by atoms with Crippen LogP contribution in [0.2, 0.25) is 0 Å². The van der Waals surface area contributed by atoms with E-state index in [4.69, 9.17) is 9.47 Å². The van der Waals surface area contributed by atoms with Crippen LogP contribution in [0.1, 0.15) is 20.8 Å². The third-order valence-electron chi connectivity index (χ3n) is 1.28. The van der Waals surface area contributed by atoms with Crippen molar-refractivity contribution in [3.63, 3.8) is 0 Å². The van der Waals surface area contributed by atoms with E-state index in [0.717, 1.165) is 0 Å². The first-order chi connectivity index (χ1) is 6.47. The topological polar surface area (TPSA) is 35.5 Å². The van der Waals surface area contributed by atoms with Crippen LogP contribution < -0.4 is 4.74 Å². The predicted octanol–water partition coefficient (Wildman–Crippen LogP) is 2.80. The molecular formula is C11H13HfO3-. The number of ether oxygens (including phenoxy) is 2. The largest absolute Gasteiger partial charge is 0.512 e. The number of rotatable bonds is 1. The molecule has 0 saturated heterocycles. The first kappa shape index (κ1) is 14.4. The van der Waals surface area contributed by atoms with Gasteiger partial charge in [-0.25, -0.2) is 4.79 Å². The maximum atomic E-state index is 11.2. The second-order valence-corrected chi connectivity index (χ2v) is 3.80. The van der Waals surface area contributed by atoms with Crippen molar-refractivity contribution < 1.29 is 40.1 Å². The summed E-state index contributed by atoms with van der Waals surface area (Å²) in [6.07, 6.45) is -0.691. The quantitative estimate of drug-likeness (QED) is 0.329. The first-order valence-corrected chi connectivity index (χ1v) is 4.34. The van der Waals surface area contributed by atoms with Gasteiger partial charge in [0.15, 0.2) is 0 Å². The average molecular weight is 372 g/mol. The number of carbonyl (C=O) groups excluding carboxylic acids is 1. The van der Waals surface area contributed by atoms with Crippen molar-refractivity contribution in [3.05, 3.63) is 30.3 Å². The molecule has 15 heavy (non-hydrogen) atoms. The summed E-state index contributed by atoms with van der Waals surface area (Å²) in [5.41, 5.74) is -0.530. The third-order valence-corrected chi connectivity index (χ3v) is 1.28. The van der Waals surface area contributed by atoms with Gasteiger partial charge in [0.2, 0.25) is 0 Å². The van der Waals surface area contributed by atoms with Crippen molar-refractivity contribution in [1.29, 1.82) is 0 Å². The van der Waals surface area contributed by atoms with Crippen LogP contribution >= 0.6 is 0 Å². The van der Waals surface area contributed by atoms with Crippen LogP contribution in [0.4, 0.5) is 4.79 Å². The Morgan fingerprint density at radius 2 is 1.80 bits per heavy atom. The molecule has 4 heteroatoms. The fraction of sp³-hybridized carbons (Fsp3) is 0.364. The van der Waals surface area contributed by atoms with Gasteiger partial charge < -0.3 is 9.47 Å². The summed E-state index contributed by atoms with van der Waals surface area (Å²) < 4.78 is 9.88. The van der Waals surface area contributed by atoms with Crippen LogP contribution in [-0.4, -0.2) is 11.8 Å². The monoisotopic (exact) mass is 373 g/mol. The summed E-state index contributed by atoms with van der Waals surface area (Å²) in [4.78, 5) is 11.2. The Kier molecular flexibility index (Phi) is 5.80. The average Bonchev–Trinajstić information content (AvgIpc) is 2.02. The van der Waals surface area contributed by atoms with Crippen molar-refractivity contribution in [3.8, 4) is 5.75 Å². The number of carbonyl (C=O) groups is 1. The van der Waals surface area contributed by atoms with Crippen molar-refractivity contribution >= 4 is 6.16 Å². The first-order valence-electron chi connectivity index (χ1n) is 4.34. The molecule has 0 saturated carbocycles. The number of hydrogen-bond acceptors (Lipinski definition) is 3. The van der Waals surface area contributed by atoms with Gasteiger partial charge in [0, 0.05) is 31.6 Å². The number of hydrogen-bond donors (Lipinski definition) is 0. The molecule has 1 rings (SSSR count). The van der Waals surface area contributed by atoms with Gasteiger partial charge in [-0.15, -0.1) is 12.1 Å². The molecule has 0 fully saturated rings. The van der Waals surface area contributed by atoms with Crippen LogP contribution in [0.5, 0.6) is 5.75 Å². The molecule has 0 aliphatic heterocycles. The zero-order chi connectivity index (χ0) is 10.6. The SMILES string of the molecule is CC(C)(C)OC(=O)Oc1cc[c-]cc1.[Hf]. The maximum absolute atomic E-state index is 11.2. The molecule has 0 spiro atoms. The smallest absolute Gasteiger partial charge is 0.428 e. The van der Waals surface area contributed by atoms with Gasteiger partial charge in [0.05, 0.1) is 0 Å². The van der Waals surface area contributed by atoms with E-state index in [9.17, 15) is 4.79 Å². The Labute approximate surface area is 109 Å². The molecule has 0 amide bonds. The Bertz CT molecular complexity index is 303. The van der Waals surface area contributed by atoms with Crippen molar-refractivity contribution in [2.75, 3.05) is 0 Å². The fourth-order valence-electron chi connectivity index (χ4n) is 0.807. The summed E-state index contributed by atoms with van der Waals surface area (Å²) in [6, 6.07) is 9.44. The van der Waals surface area contributed by atoms with Crippen LogP contribution in [0.15, 0.2) is 24.3 Å². The molecule has 0 unspecified atom stereocenters. The summed E-state index contributed by atoms with van der Waals surface area (Å²) in [7, 11) is 0. The van der Waals surface area contributed by atoms with Gasteiger partial charge in [-0.05, 0) is 20.8 Å². The van der Waals surface area contributed by atoms with E-state index in [1.54, 1.807) is 45.0 Å². The maximum Gasteiger partial charge on any atom is 0.512 e. The Hall–Kier alpha value is -0.640. The van der Waals surface area contributed by atoms with E-state index in [2.05, 4.69) is 6.07 Å². The van der Waals surface area contributed by atoms with E-state index in [-0.39, 0.29) is 25.8 Å². The molecule has 0 aliphatic carbocycles. The van der Waals surface area contributed by atoms with Gasteiger partial charge >= 0.3 is 6.16 Å². The summed E-state index contributed by atoms with van der Waals surface area (Å²) in [6.45, 7) is 5.35. The molecule has 3 nitrogen and oxygen atoms in total. The normalized spacial score (nSPS) is 10.1. The molecule has 0 N–H and O–H groups in total. The van der Waals surface area contributed by atoms with E-state index in [1.807, 2.05) is 0 Å². The molecule has 0 radical (unpaired) electrons. The van der Waals surface area contributed by atoms with Crippen LogP contribution in [0.3, 0.4) is 0 Å². The molecule has 1 aromatic carbocycles. The minimum Gasteiger partial charge on any atom is -0.428 e. The minimum atomic E-state index is -0.691. The van der Waals surface area contributed by atoms with E-state index in [1.165, 1.54) is 0 Å². The third kappa shape index (κ3) is 6.44. The molecule has 0 aliphatic rings.